The number of phenols is 1. The predicted octanol–water partition coefficient (Wildman–Crippen LogP) is 1.95. The summed E-state index contributed by atoms with van der Waals surface area (Å²) < 4.78 is 1.80. The molecule has 2 aromatic heterocycles. The zero-order chi connectivity index (χ0) is 20.4. The lowest BCUT2D eigenvalue weighted by molar-refractivity contribution is 0.0675. The molecule has 4 rings (SSSR count). The number of aromatic hydroxyl groups is 1. The van der Waals surface area contributed by atoms with Crippen molar-refractivity contribution >= 4 is 17.3 Å². The second-order valence-corrected chi connectivity index (χ2v) is 7.05. The van der Waals surface area contributed by atoms with Crippen LogP contribution in [0.4, 0.5) is 0 Å². The molecule has 1 aliphatic rings. The van der Waals surface area contributed by atoms with Gasteiger partial charge in [-0.05, 0) is 43.2 Å². The van der Waals surface area contributed by atoms with Crippen LogP contribution >= 0.6 is 0 Å². The largest absolute Gasteiger partial charge is 0.507 e. The Labute approximate surface area is 167 Å². The number of carbonyl (C=O) groups excluding carboxylic acids is 2. The molecule has 8 heteroatoms. The first-order valence-electron chi connectivity index (χ1n) is 9.30. The summed E-state index contributed by atoms with van der Waals surface area (Å²) in [5, 5.41) is 21.5. The lowest BCUT2D eigenvalue weighted by atomic mass is 10.0. The molecular weight excluding hydrogens is 370 g/mol. The Kier molecular flexibility index (Phi) is 4.87. The van der Waals surface area contributed by atoms with Crippen molar-refractivity contribution in [3.8, 4) is 11.8 Å². The molecule has 2 N–H and O–H groups in total. The number of phenolic OH excluding ortho intramolecular Hbond substituents is 1. The number of hydrogen-bond donors (Lipinski definition) is 2. The van der Waals surface area contributed by atoms with Crippen molar-refractivity contribution in [2.24, 2.45) is 0 Å². The van der Waals surface area contributed by atoms with Gasteiger partial charge in [-0.2, -0.15) is 5.26 Å². The SMILES string of the molecule is N#Cc1cc(C(=O)N[C@H]2CCCN(C(=O)c3ccc4cncn4c3)C2)ccc1O. The normalized spacial score (nSPS) is 16.4. The zero-order valence-corrected chi connectivity index (χ0v) is 15.6. The summed E-state index contributed by atoms with van der Waals surface area (Å²) in [7, 11) is 0. The molecule has 0 radical (unpaired) electrons. The summed E-state index contributed by atoms with van der Waals surface area (Å²) in [6.45, 7) is 1.04. The Morgan fingerprint density at radius 1 is 1.24 bits per heavy atom. The van der Waals surface area contributed by atoms with E-state index >= 15 is 0 Å². The number of nitriles is 1. The predicted molar refractivity (Wildman–Crippen MR) is 104 cm³/mol. The van der Waals surface area contributed by atoms with Gasteiger partial charge in [-0.25, -0.2) is 4.98 Å². The Balaban J connectivity index is 1.44. The van der Waals surface area contributed by atoms with Crippen molar-refractivity contribution in [2.75, 3.05) is 13.1 Å². The summed E-state index contributed by atoms with van der Waals surface area (Å²) in [6.07, 6.45) is 6.68. The third-order valence-corrected chi connectivity index (χ3v) is 5.08. The van der Waals surface area contributed by atoms with Gasteiger partial charge in [0.2, 0.25) is 0 Å². The van der Waals surface area contributed by atoms with Gasteiger partial charge in [-0.15, -0.1) is 0 Å². The molecule has 0 spiro atoms. The number of imidazole rings is 1. The van der Waals surface area contributed by atoms with Crippen LogP contribution < -0.4 is 5.32 Å². The third kappa shape index (κ3) is 3.75. The maximum atomic E-state index is 12.9. The van der Waals surface area contributed by atoms with E-state index in [1.54, 1.807) is 34.1 Å². The van der Waals surface area contributed by atoms with Crippen LogP contribution in [0, 0.1) is 11.3 Å². The molecule has 1 aliphatic heterocycles. The van der Waals surface area contributed by atoms with Crippen molar-refractivity contribution in [2.45, 2.75) is 18.9 Å². The number of carbonyl (C=O) groups is 2. The number of benzene rings is 1. The molecular formula is C21H19N5O3. The van der Waals surface area contributed by atoms with Gasteiger partial charge in [-0.1, -0.05) is 0 Å². The number of pyridine rings is 1. The van der Waals surface area contributed by atoms with Crippen LogP contribution in [0.3, 0.4) is 0 Å². The smallest absolute Gasteiger partial charge is 0.255 e. The van der Waals surface area contributed by atoms with E-state index in [2.05, 4.69) is 10.3 Å². The Bertz CT molecular complexity index is 1130. The monoisotopic (exact) mass is 389 g/mol. The Hall–Kier alpha value is -3.86. The van der Waals surface area contributed by atoms with E-state index in [0.29, 0.717) is 24.2 Å². The minimum atomic E-state index is -0.333. The number of amides is 2. The van der Waals surface area contributed by atoms with E-state index in [9.17, 15) is 14.7 Å². The van der Waals surface area contributed by atoms with Crippen LogP contribution in [-0.2, 0) is 0 Å². The van der Waals surface area contributed by atoms with Crippen LogP contribution in [0.15, 0.2) is 49.1 Å². The first kappa shape index (κ1) is 18.5. The molecule has 8 nitrogen and oxygen atoms in total. The number of fused-ring (bicyclic) bond motifs is 1. The maximum Gasteiger partial charge on any atom is 0.255 e. The van der Waals surface area contributed by atoms with E-state index in [0.717, 1.165) is 18.4 Å². The molecule has 3 heterocycles. The summed E-state index contributed by atoms with van der Waals surface area (Å²) >= 11 is 0. The van der Waals surface area contributed by atoms with Gasteiger partial charge in [0.25, 0.3) is 11.8 Å². The molecule has 0 bridgehead atoms. The molecule has 0 aliphatic carbocycles. The number of piperidine rings is 1. The molecule has 1 saturated heterocycles. The Morgan fingerprint density at radius 2 is 2.07 bits per heavy atom. The van der Waals surface area contributed by atoms with Crippen molar-refractivity contribution < 1.29 is 14.7 Å². The molecule has 29 heavy (non-hydrogen) atoms. The van der Waals surface area contributed by atoms with Crippen molar-refractivity contribution in [1.29, 1.82) is 5.26 Å². The number of likely N-dealkylation sites (tertiary alicyclic amines) is 1. The summed E-state index contributed by atoms with van der Waals surface area (Å²) in [5.41, 5.74) is 1.83. The fourth-order valence-electron chi connectivity index (χ4n) is 3.54. The van der Waals surface area contributed by atoms with Crippen LogP contribution in [0.2, 0.25) is 0 Å². The molecule has 2 amide bonds. The van der Waals surface area contributed by atoms with Gasteiger partial charge in [0.1, 0.15) is 11.8 Å². The molecule has 0 saturated carbocycles. The van der Waals surface area contributed by atoms with Gasteiger partial charge in [-0.3, -0.25) is 9.59 Å². The lowest BCUT2D eigenvalue weighted by Gasteiger charge is -2.33. The van der Waals surface area contributed by atoms with Crippen LogP contribution in [-0.4, -0.2) is 50.3 Å². The second kappa shape index (κ2) is 7.64. The third-order valence-electron chi connectivity index (χ3n) is 5.08. The van der Waals surface area contributed by atoms with Gasteiger partial charge < -0.3 is 19.7 Å². The highest BCUT2D eigenvalue weighted by molar-refractivity contribution is 5.96. The number of hydrogen-bond acceptors (Lipinski definition) is 5. The van der Waals surface area contributed by atoms with Gasteiger partial charge in [0, 0.05) is 30.9 Å². The molecule has 3 aromatic rings. The average molecular weight is 389 g/mol. The molecule has 146 valence electrons. The minimum Gasteiger partial charge on any atom is -0.507 e. The molecule has 1 atom stereocenters. The average Bonchev–Trinajstić information content (AvgIpc) is 3.21. The van der Waals surface area contributed by atoms with E-state index in [1.807, 2.05) is 12.1 Å². The first-order valence-corrected chi connectivity index (χ1v) is 9.30. The minimum absolute atomic E-state index is 0.0491. The van der Waals surface area contributed by atoms with Gasteiger partial charge >= 0.3 is 0 Å². The summed E-state index contributed by atoms with van der Waals surface area (Å²) in [4.78, 5) is 31.2. The van der Waals surface area contributed by atoms with Gasteiger partial charge in [0.05, 0.1) is 29.2 Å². The standard InChI is InChI=1S/C21H19N5O3/c22-9-16-8-14(4-6-19(16)27)20(28)24-17-2-1-7-25(12-17)21(29)15-3-5-18-10-23-13-26(18)11-15/h3-6,8,10-11,13,17,27H,1-2,7,12H2,(H,24,28)/t17-/m0/s1. The number of rotatable bonds is 3. The second-order valence-electron chi connectivity index (χ2n) is 7.05. The van der Waals surface area contributed by atoms with E-state index in [-0.39, 0.29) is 29.2 Å². The highest BCUT2D eigenvalue weighted by atomic mass is 16.3. The van der Waals surface area contributed by atoms with E-state index in [1.165, 1.54) is 18.2 Å². The molecule has 1 fully saturated rings. The first-order chi connectivity index (χ1) is 14.0. The number of aromatic nitrogens is 2. The maximum absolute atomic E-state index is 12.9. The number of nitrogens with one attached hydrogen (secondary N) is 1. The van der Waals surface area contributed by atoms with Crippen LogP contribution in [0.5, 0.6) is 5.75 Å². The zero-order valence-electron chi connectivity index (χ0n) is 15.6. The van der Waals surface area contributed by atoms with Gasteiger partial charge in [0.15, 0.2) is 0 Å². The quantitative estimate of drug-likeness (QED) is 0.711. The highest BCUT2D eigenvalue weighted by Gasteiger charge is 2.26. The van der Waals surface area contributed by atoms with Crippen molar-refractivity contribution in [3.05, 3.63) is 65.7 Å². The Morgan fingerprint density at radius 3 is 2.90 bits per heavy atom. The van der Waals surface area contributed by atoms with E-state index in [4.69, 9.17) is 5.26 Å². The molecule has 0 unspecified atom stereocenters. The number of nitrogens with zero attached hydrogens (tertiary/aromatic N) is 4. The fraction of sp³-hybridized carbons (Fsp3) is 0.238. The van der Waals surface area contributed by atoms with Crippen LogP contribution in [0.1, 0.15) is 39.1 Å². The topological polar surface area (TPSA) is 111 Å². The van der Waals surface area contributed by atoms with Crippen LogP contribution in [0.25, 0.3) is 5.52 Å². The summed E-state index contributed by atoms with van der Waals surface area (Å²) in [5.74, 6) is -0.579. The fourth-order valence-corrected chi connectivity index (χ4v) is 3.54. The van der Waals surface area contributed by atoms with E-state index < -0.39 is 0 Å². The van der Waals surface area contributed by atoms with Crippen molar-refractivity contribution in [1.82, 2.24) is 19.6 Å². The van der Waals surface area contributed by atoms with Crippen molar-refractivity contribution in [3.63, 3.8) is 0 Å². The lowest BCUT2D eigenvalue weighted by Crippen LogP contribution is -2.49. The highest BCUT2D eigenvalue weighted by Crippen LogP contribution is 2.19. The summed E-state index contributed by atoms with van der Waals surface area (Å²) in [6, 6.07) is 9.46. The molecule has 1 aromatic carbocycles.